The first-order valence-electron chi connectivity index (χ1n) is 8.12. The Morgan fingerprint density at radius 2 is 1.92 bits per heavy atom. The Morgan fingerprint density at radius 3 is 2.50 bits per heavy atom. The molecule has 0 heterocycles. The van der Waals surface area contributed by atoms with Crippen LogP contribution in [-0.2, 0) is 11.3 Å². The van der Waals surface area contributed by atoms with Crippen LogP contribution in [0.25, 0.3) is 0 Å². The number of hydrogen-bond donors (Lipinski definition) is 2. The minimum Gasteiger partial charge on any atom is -0.497 e. The molecule has 134 valence electrons. The standard InChI is InChI=1S/C20H21N3O3/c1-26-19-9-7-18(8-10-19)22-20(25)17(13-21)15-23(11-12-24)14-16-5-3-2-4-6-16/h2-10,15,24H,11-12,14H2,1H3,(H,22,25)/b17-15-. The number of rotatable bonds is 8. The molecule has 0 saturated carbocycles. The van der Waals surface area contributed by atoms with Crippen LogP contribution in [0.5, 0.6) is 5.75 Å². The van der Waals surface area contributed by atoms with Crippen molar-refractivity contribution in [3.63, 3.8) is 0 Å². The number of nitriles is 1. The molecule has 0 aliphatic heterocycles. The normalized spacial score (nSPS) is 10.7. The van der Waals surface area contributed by atoms with Gasteiger partial charge in [0.15, 0.2) is 0 Å². The van der Waals surface area contributed by atoms with Crippen LogP contribution in [0, 0.1) is 11.3 Å². The first-order valence-corrected chi connectivity index (χ1v) is 8.12. The molecule has 2 rings (SSSR count). The zero-order chi connectivity index (χ0) is 18.8. The quantitative estimate of drug-likeness (QED) is 0.564. The molecule has 0 fully saturated rings. The van der Waals surface area contributed by atoms with E-state index < -0.39 is 5.91 Å². The van der Waals surface area contributed by atoms with Crippen molar-refractivity contribution >= 4 is 11.6 Å². The van der Waals surface area contributed by atoms with E-state index in [-0.39, 0.29) is 12.2 Å². The number of methoxy groups -OCH3 is 1. The van der Waals surface area contributed by atoms with Gasteiger partial charge >= 0.3 is 0 Å². The molecule has 6 nitrogen and oxygen atoms in total. The fourth-order valence-corrected chi connectivity index (χ4v) is 2.33. The lowest BCUT2D eigenvalue weighted by molar-refractivity contribution is -0.112. The molecule has 0 unspecified atom stereocenters. The van der Waals surface area contributed by atoms with Crippen LogP contribution in [0.3, 0.4) is 0 Å². The zero-order valence-corrected chi connectivity index (χ0v) is 14.6. The van der Waals surface area contributed by atoms with Gasteiger partial charge in [-0.3, -0.25) is 4.79 Å². The fourth-order valence-electron chi connectivity index (χ4n) is 2.33. The Morgan fingerprint density at radius 1 is 1.23 bits per heavy atom. The number of carbonyl (C=O) groups is 1. The van der Waals surface area contributed by atoms with Crippen molar-refractivity contribution in [3.05, 3.63) is 71.9 Å². The van der Waals surface area contributed by atoms with Gasteiger partial charge in [0.2, 0.25) is 0 Å². The van der Waals surface area contributed by atoms with Gasteiger partial charge in [-0.1, -0.05) is 30.3 Å². The van der Waals surface area contributed by atoms with Gasteiger partial charge in [0.1, 0.15) is 17.4 Å². The molecule has 0 atom stereocenters. The second kappa shape index (κ2) is 9.87. The van der Waals surface area contributed by atoms with Gasteiger partial charge in [0.05, 0.1) is 13.7 Å². The van der Waals surface area contributed by atoms with Gasteiger partial charge in [-0.2, -0.15) is 5.26 Å². The SMILES string of the molecule is COc1ccc(NC(=O)/C(C#N)=C\N(CCO)Cc2ccccc2)cc1. The maximum absolute atomic E-state index is 12.4. The van der Waals surface area contributed by atoms with Crippen molar-refractivity contribution in [2.75, 3.05) is 25.6 Å². The van der Waals surface area contributed by atoms with Gasteiger partial charge in [0, 0.05) is 25.0 Å². The average Bonchev–Trinajstić information content (AvgIpc) is 2.67. The minimum absolute atomic E-state index is 0.0369. The van der Waals surface area contributed by atoms with Gasteiger partial charge in [-0.25, -0.2) is 0 Å². The number of nitrogens with zero attached hydrogens (tertiary/aromatic N) is 2. The number of anilines is 1. The highest BCUT2D eigenvalue weighted by Crippen LogP contribution is 2.16. The van der Waals surface area contributed by atoms with E-state index in [1.54, 1.807) is 36.3 Å². The number of benzene rings is 2. The summed E-state index contributed by atoms with van der Waals surface area (Å²) in [4.78, 5) is 14.1. The summed E-state index contributed by atoms with van der Waals surface area (Å²) in [7, 11) is 1.56. The molecule has 0 aliphatic carbocycles. The number of ether oxygens (including phenoxy) is 1. The van der Waals surface area contributed by atoms with E-state index >= 15 is 0 Å². The Labute approximate surface area is 152 Å². The van der Waals surface area contributed by atoms with Crippen molar-refractivity contribution in [1.82, 2.24) is 4.90 Å². The summed E-state index contributed by atoms with van der Waals surface area (Å²) < 4.78 is 5.07. The Hall–Kier alpha value is -3.30. The number of carbonyl (C=O) groups excluding carboxylic acids is 1. The number of nitrogens with one attached hydrogen (secondary N) is 1. The molecule has 0 aliphatic rings. The topological polar surface area (TPSA) is 85.6 Å². The van der Waals surface area contributed by atoms with E-state index in [9.17, 15) is 15.2 Å². The molecule has 2 aromatic carbocycles. The van der Waals surface area contributed by atoms with E-state index in [1.807, 2.05) is 36.4 Å². The van der Waals surface area contributed by atoms with Crippen LogP contribution >= 0.6 is 0 Å². The van der Waals surface area contributed by atoms with E-state index in [4.69, 9.17) is 4.74 Å². The summed E-state index contributed by atoms with van der Waals surface area (Å²) in [6, 6.07) is 18.4. The lowest BCUT2D eigenvalue weighted by Gasteiger charge is -2.20. The number of hydrogen-bond acceptors (Lipinski definition) is 5. The molecule has 2 N–H and O–H groups in total. The van der Waals surface area contributed by atoms with Crippen LogP contribution in [0.4, 0.5) is 5.69 Å². The summed E-state index contributed by atoms with van der Waals surface area (Å²) in [5.74, 6) is 0.171. The molecule has 0 spiro atoms. The molecule has 26 heavy (non-hydrogen) atoms. The molecular weight excluding hydrogens is 330 g/mol. The van der Waals surface area contributed by atoms with Gasteiger partial charge in [-0.05, 0) is 29.8 Å². The summed E-state index contributed by atoms with van der Waals surface area (Å²) in [5.41, 5.74) is 1.55. The van der Waals surface area contributed by atoms with Crippen LogP contribution < -0.4 is 10.1 Å². The summed E-state index contributed by atoms with van der Waals surface area (Å²) in [5, 5.41) is 21.3. The van der Waals surface area contributed by atoms with Gasteiger partial charge in [-0.15, -0.1) is 0 Å². The third kappa shape index (κ3) is 5.65. The van der Waals surface area contributed by atoms with E-state index in [2.05, 4.69) is 5.32 Å². The second-order valence-corrected chi connectivity index (χ2v) is 5.52. The Kier molecular flexibility index (Phi) is 7.22. The van der Waals surface area contributed by atoms with Crippen LogP contribution in [-0.4, -0.2) is 36.2 Å². The average molecular weight is 351 g/mol. The van der Waals surface area contributed by atoms with Crippen molar-refractivity contribution in [3.8, 4) is 11.8 Å². The monoisotopic (exact) mass is 351 g/mol. The molecule has 6 heteroatoms. The third-order valence-electron chi connectivity index (χ3n) is 3.64. The van der Waals surface area contributed by atoms with Crippen molar-refractivity contribution in [2.45, 2.75) is 6.54 Å². The summed E-state index contributed by atoms with van der Waals surface area (Å²) >= 11 is 0. The lowest BCUT2D eigenvalue weighted by Crippen LogP contribution is -2.23. The van der Waals surface area contributed by atoms with Crippen molar-refractivity contribution in [1.29, 1.82) is 5.26 Å². The van der Waals surface area contributed by atoms with Gasteiger partial charge < -0.3 is 20.1 Å². The van der Waals surface area contributed by atoms with Crippen LogP contribution in [0.2, 0.25) is 0 Å². The third-order valence-corrected chi connectivity index (χ3v) is 3.64. The van der Waals surface area contributed by atoms with Crippen LogP contribution in [0.15, 0.2) is 66.4 Å². The summed E-state index contributed by atoms with van der Waals surface area (Å²) in [6.45, 7) is 0.723. The molecule has 2 aromatic rings. The highest BCUT2D eigenvalue weighted by atomic mass is 16.5. The molecule has 0 aromatic heterocycles. The van der Waals surface area contributed by atoms with E-state index in [0.717, 1.165) is 5.56 Å². The van der Waals surface area contributed by atoms with Gasteiger partial charge in [0.25, 0.3) is 5.91 Å². The van der Waals surface area contributed by atoms with Crippen molar-refractivity contribution < 1.29 is 14.6 Å². The van der Waals surface area contributed by atoms with Crippen molar-refractivity contribution in [2.24, 2.45) is 0 Å². The Bertz CT molecular complexity index is 780. The lowest BCUT2D eigenvalue weighted by atomic mass is 10.2. The molecule has 0 radical (unpaired) electrons. The fraction of sp³-hybridized carbons (Fsp3) is 0.200. The minimum atomic E-state index is -0.506. The zero-order valence-electron chi connectivity index (χ0n) is 14.6. The maximum Gasteiger partial charge on any atom is 0.267 e. The van der Waals surface area contributed by atoms with E-state index in [0.29, 0.717) is 24.5 Å². The molecule has 0 bridgehead atoms. The van der Waals surface area contributed by atoms with Crippen LogP contribution in [0.1, 0.15) is 5.56 Å². The summed E-state index contributed by atoms with van der Waals surface area (Å²) in [6.07, 6.45) is 1.47. The Balaban J connectivity index is 2.11. The molecule has 1 amide bonds. The largest absolute Gasteiger partial charge is 0.497 e. The number of amides is 1. The number of aliphatic hydroxyl groups is 1. The molecular formula is C20H21N3O3. The number of aliphatic hydroxyl groups excluding tert-OH is 1. The highest BCUT2D eigenvalue weighted by molar-refractivity contribution is 6.06. The predicted molar refractivity (Wildman–Crippen MR) is 99.3 cm³/mol. The predicted octanol–water partition coefficient (Wildman–Crippen LogP) is 2.54. The smallest absolute Gasteiger partial charge is 0.267 e. The maximum atomic E-state index is 12.4. The first-order chi connectivity index (χ1) is 12.7. The molecule has 0 saturated heterocycles. The first kappa shape index (κ1) is 19.0. The van der Waals surface area contributed by atoms with E-state index in [1.165, 1.54) is 6.20 Å². The second-order valence-electron chi connectivity index (χ2n) is 5.52. The highest BCUT2D eigenvalue weighted by Gasteiger charge is 2.12.